The van der Waals surface area contributed by atoms with Crippen molar-refractivity contribution in [1.29, 1.82) is 5.26 Å². The van der Waals surface area contributed by atoms with Gasteiger partial charge in [0, 0.05) is 29.1 Å². The molecule has 5 rings (SSSR count). The SMILES string of the molecule is CC1(C)Oc2cc(cnc2N)-c2c(C#N)cnn2Cc2cccnc2-c2ccc(F)cc21. The summed E-state index contributed by atoms with van der Waals surface area (Å²) in [7, 11) is 0. The second kappa shape index (κ2) is 7.17. The lowest BCUT2D eigenvalue weighted by molar-refractivity contribution is 0.109. The molecule has 0 atom stereocenters. The van der Waals surface area contributed by atoms with Gasteiger partial charge in [0.05, 0.1) is 29.7 Å². The van der Waals surface area contributed by atoms with Gasteiger partial charge < -0.3 is 10.5 Å². The molecule has 0 radical (unpaired) electrons. The largest absolute Gasteiger partial charge is 0.479 e. The first-order valence-electron chi connectivity index (χ1n) is 10.0. The van der Waals surface area contributed by atoms with Crippen molar-refractivity contribution in [3.63, 3.8) is 0 Å². The third-order valence-corrected chi connectivity index (χ3v) is 5.58. The Morgan fingerprint density at radius 1 is 1.19 bits per heavy atom. The maximum absolute atomic E-state index is 14.4. The van der Waals surface area contributed by atoms with E-state index in [1.54, 1.807) is 29.2 Å². The number of hydrogen-bond acceptors (Lipinski definition) is 6. The van der Waals surface area contributed by atoms with Crippen LogP contribution >= 0.6 is 0 Å². The van der Waals surface area contributed by atoms with Crippen LogP contribution in [0.5, 0.6) is 5.75 Å². The Morgan fingerprint density at radius 2 is 2.03 bits per heavy atom. The standard InChI is InChI=1S/C24H19FN6O/c1-24(2)19-9-17(25)5-6-18(19)21-14(4-3-7-28-21)13-31-22(16(10-26)12-30-31)15-8-20(32-24)23(27)29-11-15/h3-9,11-12H,13H2,1-2H3,(H2,27,29). The summed E-state index contributed by atoms with van der Waals surface area (Å²) in [5.41, 5.74) is 9.74. The molecule has 0 amide bonds. The van der Waals surface area contributed by atoms with Gasteiger partial charge in [0.15, 0.2) is 11.6 Å². The molecule has 0 unspecified atom stereocenters. The monoisotopic (exact) mass is 426 g/mol. The van der Waals surface area contributed by atoms with Crippen LogP contribution in [0.1, 0.15) is 30.5 Å². The summed E-state index contributed by atoms with van der Waals surface area (Å²) in [6.45, 7) is 4.05. The van der Waals surface area contributed by atoms with E-state index in [4.69, 9.17) is 10.5 Å². The van der Waals surface area contributed by atoms with Crippen molar-refractivity contribution in [2.75, 3.05) is 5.73 Å². The van der Waals surface area contributed by atoms with E-state index >= 15 is 0 Å². The fraction of sp³-hybridized carbons (Fsp3) is 0.167. The summed E-state index contributed by atoms with van der Waals surface area (Å²) in [5, 5.41) is 14.1. The third-order valence-electron chi connectivity index (χ3n) is 5.58. The number of pyridine rings is 2. The lowest BCUT2D eigenvalue weighted by atomic mass is 9.89. The lowest BCUT2D eigenvalue weighted by Crippen LogP contribution is -2.27. The molecule has 7 nitrogen and oxygen atoms in total. The molecule has 2 N–H and O–H groups in total. The maximum Gasteiger partial charge on any atom is 0.166 e. The van der Waals surface area contributed by atoms with E-state index in [-0.39, 0.29) is 11.6 Å². The number of anilines is 1. The van der Waals surface area contributed by atoms with Crippen molar-refractivity contribution in [2.24, 2.45) is 0 Å². The topological polar surface area (TPSA) is 103 Å². The highest BCUT2D eigenvalue weighted by molar-refractivity contribution is 5.72. The molecule has 4 heterocycles. The Hall–Kier alpha value is -4.25. The molecule has 0 spiro atoms. The van der Waals surface area contributed by atoms with E-state index in [0.29, 0.717) is 40.4 Å². The summed E-state index contributed by atoms with van der Waals surface area (Å²) < 4.78 is 22.4. The minimum absolute atomic E-state index is 0.194. The van der Waals surface area contributed by atoms with E-state index in [9.17, 15) is 9.65 Å². The molecule has 1 aromatic carbocycles. The molecule has 4 aromatic rings. The summed E-state index contributed by atoms with van der Waals surface area (Å²) >= 11 is 0. The van der Waals surface area contributed by atoms with Gasteiger partial charge in [-0.05, 0) is 49.7 Å². The number of nitrogen functional groups attached to an aromatic ring is 1. The number of nitriles is 1. The zero-order chi connectivity index (χ0) is 22.5. The Kier molecular flexibility index (Phi) is 4.41. The highest BCUT2D eigenvalue weighted by atomic mass is 19.1. The number of nitrogens with zero attached hydrogens (tertiary/aromatic N) is 5. The Morgan fingerprint density at radius 3 is 2.84 bits per heavy atom. The lowest BCUT2D eigenvalue weighted by Gasteiger charge is -2.30. The molecule has 158 valence electrons. The first-order valence-corrected chi connectivity index (χ1v) is 10.0. The van der Waals surface area contributed by atoms with Crippen LogP contribution in [0.2, 0.25) is 0 Å². The third kappa shape index (κ3) is 3.15. The molecular formula is C24H19FN6O. The quantitative estimate of drug-likeness (QED) is 0.450. The number of benzene rings is 1. The average molecular weight is 426 g/mol. The fourth-order valence-electron chi connectivity index (χ4n) is 4.08. The molecule has 0 saturated heterocycles. The summed E-state index contributed by atoms with van der Waals surface area (Å²) in [4.78, 5) is 8.89. The van der Waals surface area contributed by atoms with Crippen molar-refractivity contribution >= 4 is 5.82 Å². The van der Waals surface area contributed by atoms with Gasteiger partial charge in [0.25, 0.3) is 0 Å². The van der Waals surface area contributed by atoms with Gasteiger partial charge in [-0.25, -0.2) is 9.37 Å². The van der Waals surface area contributed by atoms with Gasteiger partial charge in [0.2, 0.25) is 0 Å². The average Bonchev–Trinajstić information content (AvgIpc) is 3.17. The number of aromatic nitrogens is 4. The van der Waals surface area contributed by atoms with Crippen molar-refractivity contribution in [3.8, 4) is 34.3 Å². The van der Waals surface area contributed by atoms with Crippen molar-refractivity contribution in [3.05, 3.63) is 77.5 Å². The molecule has 0 saturated carbocycles. The van der Waals surface area contributed by atoms with E-state index in [1.807, 2.05) is 26.0 Å². The summed E-state index contributed by atoms with van der Waals surface area (Å²) in [5.74, 6) is 0.152. The Labute approximate surface area is 183 Å². The van der Waals surface area contributed by atoms with Crippen molar-refractivity contribution in [2.45, 2.75) is 26.0 Å². The van der Waals surface area contributed by atoms with Gasteiger partial charge in [-0.1, -0.05) is 6.07 Å². The number of fused-ring (bicyclic) bond motifs is 7. The van der Waals surface area contributed by atoms with E-state index in [1.165, 1.54) is 18.3 Å². The van der Waals surface area contributed by atoms with Crippen LogP contribution in [0.4, 0.5) is 10.2 Å². The van der Waals surface area contributed by atoms with Gasteiger partial charge in [-0.3, -0.25) is 9.67 Å². The van der Waals surface area contributed by atoms with Crippen LogP contribution in [-0.2, 0) is 12.1 Å². The molecule has 8 heteroatoms. The zero-order valence-corrected chi connectivity index (χ0v) is 17.5. The molecule has 0 aliphatic carbocycles. The normalized spacial score (nSPS) is 13.9. The molecule has 2 bridgehead atoms. The number of hydrogen-bond donors (Lipinski definition) is 1. The number of rotatable bonds is 0. The minimum atomic E-state index is -0.960. The van der Waals surface area contributed by atoms with Crippen LogP contribution in [0.3, 0.4) is 0 Å². The van der Waals surface area contributed by atoms with Crippen molar-refractivity contribution < 1.29 is 9.13 Å². The second-order valence-corrected chi connectivity index (χ2v) is 8.10. The van der Waals surface area contributed by atoms with Crippen LogP contribution in [-0.4, -0.2) is 19.7 Å². The second-order valence-electron chi connectivity index (χ2n) is 8.10. The number of ether oxygens (including phenoxy) is 1. The zero-order valence-electron chi connectivity index (χ0n) is 17.5. The Bertz CT molecular complexity index is 1400. The first kappa shape index (κ1) is 19.7. The van der Waals surface area contributed by atoms with Gasteiger partial charge in [-0.15, -0.1) is 0 Å². The van der Waals surface area contributed by atoms with Crippen LogP contribution in [0.25, 0.3) is 22.5 Å². The predicted octanol–water partition coefficient (Wildman–Crippen LogP) is 4.28. The first-order chi connectivity index (χ1) is 15.4. The van der Waals surface area contributed by atoms with E-state index < -0.39 is 5.60 Å². The van der Waals surface area contributed by atoms with Crippen LogP contribution in [0, 0.1) is 17.1 Å². The Balaban J connectivity index is 1.86. The van der Waals surface area contributed by atoms with Crippen LogP contribution in [0.15, 0.2) is 55.0 Å². The molecule has 1 aliphatic rings. The van der Waals surface area contributed by atoms with Crippen molar-refractivity contribution in [1.82, 2.24) is 19.7 Å². The predicted molar refractivity (Wildman–Crippen MR) is 117 cm³/mol. The summed E-state index contributed by atoms with van der Waals surface area (Å²) in [6.07, 6.45) is 4.81. The molecule has 1 aliphatic heterocycles. The van der Waals surface area contributed by atoms with E-state index in [2.05, 4.69) is 21.1 Å². The molecule has 32 heavy (non-hydrogen) atoms. The van der Waals surface area contributed by atoms with Gasteiger partial charge in [-0.2, -0.15) is 10.4 Å². The molecule has 3 aromatic heterocycles. The summed E-state index contributed by atoms with van der Waals surface area (Å²) in [6, 6.07) is 12.3. The maximum atomic E-state index is 14.4. The molecular weight excluding hydrogens is 407 g/mol. The number of halogens is 1. The number of nitrogens with two attached hydrogens (primary N) is 1. The minimum Gasteiger partial charge on any atom is -0.479 e. The van der Waals surface area contributed by atoms with Gasteiger partial charge in [0.1, 0.15) is 17.5 Å². The van der Waals surface area contributed by atoms with Crippen LogP contribution < -0.4 is 10.5 Å². The smallest absolute Gasteiger partial charge is 0.166 e. The molecule has 0 fully saturated rings. The fourth-order valence-corrected chi connectivity index (χ4v) is 4.08. The van der Waals surface area contributed by atoms with Gasteiger partial charge >= 0.3 is 0 Å². The van der Waals surface area contributed by atoms with E-state index in [0.717, 1.165) is 11.1 Å². The highest BCUT2D eigenvalue weighted by Gasteiger charge is 2.30. The highest BCUT2D eigenvalue weighted by Crippen LogP contribution is 2.39.